The first-order chi connectivity index (χ1) is 11.3. The summed E-state index contributed by atoms with van der Waals surface area (Å²) in [5.74, 6) is 0.825. The zero-order valence-electron chi connectivity index (χ0n) is 13.7. The Bertz CT molecular complexity index is 690. The molecule has 3 aromatic rings. The number of nitrogens with one attached hydrogen (secondary N) is 1. The summed E-state index contributed by atoms with van der Waals surface area (Å²) < 4.78 is 0. The van der Waals surface area contributed by atoms with Gasteiger partial charge in [0, 0.05) is 50.8 Å². The summed E-state index contributed by atoms with van der Waals surface area (Å²) in [7, 11) is 0. The fourth-order valence-electron chi connectivity index (χ4n) is 1.94. The van der Waals surface area contributed by atoms with Gasteiger partial charge < -0.3 is 15.4 Å². The molecule has 1 heterocycles. The minimum Gasteiger partial charge on any atom is -0.404 e. The third-order valence-electron chi connectivity index (χ3n) is 3.17. The average molecular weight is 393 g/mol. The topological polar surface area (TPSA) is 45.2 Å². The van der Waals surface area contributed by atoms with Crippen molar-refractivity contribution in [3.63, 3.8) is 0 Å². The van der Waals surface area contributed by atoms with E-state index in [0.29, 0.717) is 0 Å². The molecule has 0 aliphatic rings. The Labute approximate surface area is 169 Å². The SMILES string of the molecule is CCc1cccc(Nc2c[c-]ccn2)c1.OCc1c[c-]ccc1.[Y]. The van der Waals surface area contributed by atoms with E-state index in [0.717, 1.165) is 23.5 Å². The Morgan fingerprint density at radius 1 is 1.04 bits per heavy atom. The molecular formula is C20H20N2OY-2. The minimum atomic E-state index is 0. The third kappa shape index (κ3) is 7.35. The third-order valence-corrected chi connectivity index (χ3v) is 3.17. The van der Waals surface area contributed by atoms with Gasteiger partial charge in [0.1, 0.15) is 0 Å². The number of nitrogens with zero attached hydrogens (tertiary/aromatic N) is 1. The molecule has 0 atom stereocenters. The van der Waals surface area contributed by atoms with E-state index in [1.807, 2.05) is 30.3 Å². The van der Waals surface area contributed by atoms with Crippen LogP contribution in [0.1, 0.15) is 18.1 Å². The van der Waals surface area contributed by atoms with Crippen molar-refractivity contribution in [2.75, 3.05) is 5.32 Å². The molecular weight excluding hydrogens is 373 g/mol. The van der Waals surface area contributed by atoms with Crippen LogP contribution in [-0.4, -0.2) is 10.1 Å². The number of aliphatic hydroxyl groups is 1. The second-order valence-corrected chi connectivity index (χ2v) is 4.89. The van der Waals surface area contributed by atoms with E-state index in [4.69, 9.17) is 5.11 Å². The summed E-state index contributed by atoms with van der Waals surface area (Å²) >= 11 is 0. The Balaban J connectivity index is 0.000000273. The number of aryl methyl sites for hydroxylation is 1. The normalized spacial score (nSPS) is 9.25. The molecule has 3 rings (SSSR count). The van der Waals surface area contributed by atoms with Gasteiger partial charge >= 0.3 is 0 Å². The van der Waals surface area contributed by atoms with Crippen molar-refractivity contribution in [1.29, 1.82) is 0 Å². The molecule has 0 aliphatic carbocycles. The molecule has 24 heavy (non-hydrogen) atoms. The van der Waals surface area contributed by atoms with E-state index < -0.39 is 0 Å². The maximum Gasteiger partial charge on any atom is 0.0288 e. The van der Waals surface area contributed by atoms with Crippen molar-refractivity contribution >= 4 is 11.5 Å². The Morgan fingerprint density at radius 3 is 2.42 bits per heavy atom. The summed E-state index contributed by atoms with van der Waals surface area (Å²) in [5.41, 5.74) is 3.30. The van der Waals surface area contributed by atoms with Crippen LogP contribution in [-0.2, 0) is 45.7 Å². The molecule has 121 valence electrons. The minimum absolute atomic E-state index is 0. The van der Waals surface area contributed by atoms with E-state index in [9.17, 15) is 0 Å². The average Bonchev–Trinajstić information content (AvgIpc) is 2.64. The molecule has 0 fully saturated rings. The van der Waals surface area contributed by atoms with Crippen molar-refractivity contribution in [3.05, 3.63) is 90.1 Å². The van der Waals surface area contributed by atoms with Gasteiger partial charge in [-0.15, -0.1) is 11.6 Å². The van der Waals surface area contributed by atoms with Gasteiger partial charge in [-0.2, -0.15) is 42.5 Å². The van der Waals surface area contributed by atoms with Crippen molar-refractivity contribution in [2.24, 2.45) is 0 Å². The number of aromatic nitrogens is 1. The van der Waals surface area contributed by atoms with Gasteiger partial charge in [-0.3, -0.25) is 0 Å². The monoisotopic (exact) mass is 393 g/mol. The van der Waals surface area contributed by atoms with Crippen LogP contribution in [0.5, 0.6) is 0 Å². The van der Waals surface area contributed by atoms with Crippen LogP contribution in [0, 0.1) is 12.1 Å². The molecule has 0 amide bonds. The number of rotatable bonds is 4. The molecule has 2 N–H and O–H groups in total. The van der Waals surface area contributed by atoms with Gasteiger partial charge in [0.15, 0.2) is 0 Å². The standard InChI is InChI=1S/C13H13N2.C7H7O.Y/c1-2-11-6-5-7-12(10-11)15-13-8-3-4-9-14-13;8-6-7-4-2-1-3-5-7;/h4-10H,2H2,1H3,(H,14,15);1-2,4-5,8H,6H2;/q2*-1;. The van der Waals surface area contributed by atoms with Crippen LogP contribution < -0.4 is 5.32 Å². The zero-order valence-corrected chi connectivity index (χ0v) is 16.6. The molecule has 0 saturated heterocycles. The van der Waals surface area contributed by atoms with Crippen LogP contribution in [0.3, 0.4) is 0 Å². The largest absolute Gasteiger partial charge is 0.404 e. The van der Waals surface area contributed by atoms with E-state index in [1.165, 1.54) is 5.56 Å². The first-order valence-electron chi connectivity index (χ1n) is 7.55. The van der Waals surface area contributed by atoms with Gasteiger partial charge in [-0.1, -0.05) is 25.3 Å². The first-order valence-corrected chi connectivity index (χ1v) is 7.55. The number of benzene rings is 2. The molecule has 3 nitrogen and oxygen atoms in total. The summed E-state index contributed by atoms with van der Waals surface area (Å²) in [6, 6.07) is 25.1. The predicted octanol–water partition coefficient (Wildman–Crippen LogP) is 4.16. The maximum atomic E-state index is 8.52. The second-order valence-electron chi connectivity index (χ2n) is 4.89. The molecule has 1 radical (unpaired) electrons. The molecule has 0 spiro atoms. The van der Waals surface area contributed by atoms with Crippen molar-refractivity contribution in [3.8, 4) is 0 Å². The van der Waals surface area contributed by atoms with Gasteiger partial charge in [-0.05, 0) is 24.1 Å². The molecule has 0 aliphatic heterocycles. The molecule has 4 heteroatoms. The van der Waals surface area contributed by atoms with Crippen molar-refractivity contribution < 1.29 is 37.8 Å². The summed E-state index contributed by atoms with van der Waals surface area (Å²) in [5, 5.41) is 11.8. The predicted molar refractivity (Wildman–Crippen MR) is 93.4 cm³/mol. The summed E-state index contributed by atoms with van der Waals surface area (Å²) in [4.78, 5) is 4.19. The second kappa shape index (κ2) is 11.9. The Morgan fingerprint density at radius 2 is 1.83 bits per heavy atom. The van der Waals surface area contributed by atoms with E-state index in [1.54, 1.807) is 24.4 Å². The molecule has 1 aromatic heterocycles. The van der Waals surface area contributed by atoms with Crippen LogP contribution in [0.4, 0.5) is 11.5 Å². The van der Waals surface area contributed by atoms with Crippen molar-refractivity contribution in [1.82, 2.24) is 4.98 Å². The number of hydrogen-bond acceptors (Lipinski definition) is 3. The number of pyridine rings is 1. The Kier molecular flexibility index (Phi) is 10.2. The number of anilines is 2. The summed E-state index contributed by atoms with van der Waals surface area (Å²) in [6.07, 6.45) is 2.77. The summed E-state index contributed by atoms with van der Waals surface area (Å²) in [6.45, 7) is 2.25. The van der Waals surface area contributed by atoms with Crippen LogP contribution >= 0.6 is 0 Å². The first kappa shape index (κ1) is 20.5. The fourth-order valence-corrected chi connectivity index (χ4v) is 1.94. The van der Waals surface area contributed by atoms with Crippen LogP contribution in [0.2, 0.25) is 0 Å². The van der Waals surface area contributed by atoms with Gasteiger partial charge in [-0.25, -0.2) is 0 Å². The van der Waals surface area contributed by atoms with E-state index >= 15 is 0 Å². The number of hydrogen-bond donors (Lipinski definition) is 2. The molecule has 2 aromatic carbocycles. The van der Waals surface area contributed by atoms with Gasteiger partial charge in [0.25, 0.3) is 0 Å². The fraction of sp³-hybridized carbons (Fsp3) is 0.150. The van der Waals surface area contributed by atoms with Crippen molar-refractivity contribution in [2.45, 2.75) is 20.0 Å². The smallest absolute Gasteiger partial charge is 0.0288 e. The quantitative estimate of drug-likeness (QED) is 0.655. The Hall–Kier alpha value is -1.55. The van der Waals surface area contributed by atoms with Crippen LogP contribution in [0.15, 0.2) is 66.9 Å². The maximum absolute atomic E-state index is 8.52. The van der Waals surface area contributed by atoms with Gasteiger partial charge in [0.2, 0.25) is 0 Å². The van der Waals surface area contributed by atoms with E-state index in [-0.39, 0.29) is 39.3 Å². The molecule has 0 saturated carbocycles. The zero-order chi connectivity index (χ0) is 16.3. The van der Waals surface area contributed by atoms with E-state index in [2.05, 4.69) is 41.5 Å². The van der Waals surface area contributed by atoms with Gasteiger partial charge in [0.05, 0.1) is 0 Å². The van der Waals surface area contributed by atoms with Crippen LogP contribution in [0.25, 0.3) is 0 Å². The number of aliphatic hydroxyl groups excluding tert-OH is 1. The molecule has 0 bridgehead atoms. The molecule has 0 unspecified atom stereocenters.